The van der Waals surface area contributed by atoms with E-state index < -0.39 is 15.7 Å². The predicted octanol–water partition coefficient (Wildman–Crippen LogP) is 6.18. The van der Waals surface area contributed by atoms with Crippen molar-refractivity contribution in [1.29, 1.82) is 0 Å². The fourth-order valence-corrected chi connectivity index (χ4v) is 4.74. The molecule has 1 aromatic heterocycles. The second kappa shape index (κ2) is 7.17. The van der Waals surface area contributed by atoms with Crippen LogP contribution in [-0.4, -0.2) is 13.4 Å². The zero-order valence-corrected chi connectivity index (χ0v) is 16.6. The van der Waals surface area contributed by atoms with Crippen LogP contribution >= 0.6 is 23.2 Å². The average molecular weight is 432 g/mol. The molecule has 0 N–H and O–H groups in total. The molecule has 28 heavy (non-hydrogen) atoms. The Hall–Kier alpha value is -2.47. The molecule has 0 unspecified atom stereocenters. The van der Waals surface area contributed by atoms with Crippen molar-refractivity contribution < 1.29 is 12.8 Å². The molecule has 0 fully saturated rings. The van der Waals surface area contributed by atoms with E-state index in [9.17, 15) is 12.8 Å². The maximum Gasteiger partial charge on any atom is 0.208 e. The number of hydrogen-bond acceptors (Lipinski definition) is 3. The highest BCUT2D eigenvalue weighted by atomic mass is 35.5. The van der Waals surface area contributed by atoms with Crippen molar-refractivity contribution in [3.05, 3.63) is 88.8 Å². The average Bonchev–Trinajstić information content (AvgIpc) is 2.68. The van der Waals surface area contributed by atoms with E-state index in [2.05, 4.69) is 4.98 Å². The molecule has 4 aromatic rings. The van der Waals surface area contributed by atoms with Gasteiger partial charge in [0.2, 0.25) is 9.84 Å². The van der Waals surface area contributed by atoms with Gasteiger partial charge in [0.05, 0.1) is 15.3 Å². The van der Waals surface area contributed by atoms with Crippen molar-refractivity contribution in [1.82, 2.24) is 4.98 Å². The molecular weight excluding hydrogens is 420 g/mol. The second-order valence-electron chi connectivity index (χ2n) is 6.12. The van der Waals surface area contributed by atoms with Crippen LogP contribution in [0.3, 0.4) is 0 Å². The Labute approximate surface area is 171 Å². The molecule has 0 aliphatic heterocycles. The van der Waals surface area contributed by atoms with E-state index in [1.54, 1.807) is 30.3 Å². The van der Waals surface area contributed by atoms with E-state index >= 15 is 0 Å². The number of pyridine rings is 1. The summed E-state index contributed by atoms with van der Waals surface area (Å²) in [5, 5.41) is 1.52. The Morgan fingerprint density at radius 3 is 2.14 bits per heavy atom. The van der Waals surface area contributed by atoms with E-state index in [0.29, 0.717) is 32.1 Å². The van der Waals surface area contributed by atoms with Crippen molar-refractivity contribution in [3.63, 3.8) is 0 Å². The summed E-state index contributed by atoms with van der Waals surface area (Å²) in [6.07, 6.45) is 1.31. The largest absolute Gasteiger partial charge is 0.255 e. The molecule has 140 valence electrons. The summed E-state index contributed by atoms with van der Waals surface area (Å²) in [5.74, 6) is -0.410. The van der Waals surface area contributed by atoms with Crippen LogP contribution in [-0.2, 0) is 9.84 Å². The molecule has 0 radical (unpaired) electrons. The van der Waals surface area contributed by atoms with E-state index in [1.807, 2.05) is 0 Å². The normalized spacial score (nSPS) is 11.7. The quantitative estimate of drug-likeness (QED) is 0.388. The van der Waals surface area contributed by atoms with Crippen molar-refractivity contribution >= 4 is 43.9 Å². The smallest absolute Gasteiger partial charge is 0.208 e. The van der Waals surface area contributed by atoms with Gasteiger partial charge in [-0.2, -0.15) is 0 Å². The van der Waals surface area contributed by atoms with Crippen molar-refractivity contribution in [2.24, 2.45) is 0 Å². The number of sulfone groups is 1. The minimum absolute atomic E-state index is 0.0243. The Morgan fingerprint density at radius 1 is 0.821 bits per heavy atom. The van der Waals surface area contributed by atoms with Crippen LogP contribution in [0.5, 0.6) is 0 Å². The molecule has 0 aliphatic rings. The van der Waals surface area contributed by atoms with Gasteiger partial charge in [-0.05, 0) is 54.1 Å². The lowest BCUT2D eigenvalue weighted by atomic mass is 10.0. The molecule has 3 aromatic carbocycles. The van der Waals surface area contributed by atoms with Gasteiger partial charge in [0.25, 0.3) is 0 Å². The fourth-order valence-electron chi connectivity index (χ4n) is 3.01. The summed E-state index contributed by atoms with van der Waals surface area (Å²) in [4.78, 5) is 4.41. The lowest BCUT2D eigenvalue weighted by Crippen LogP contribution is -2.05. The van der Waals surface area contributed by atoms with Crippen LogP contribution in [0, 0.1) is 5.82 Å². The van der Waals surface area contributed by atoms with E-state index in [-0.39, 0.29) is 9.79 Å². The van der Waals surface area contributed by atoms with Crippen molar-refractivity contribution in [3.8, 4) is 11.1 Å². The first-order valence-electron chi connectivity index (χ1n) is 8.21. The molecule has 0 spiro atoms. The van der Waals surface area contributed by atoms with Crippen LogP contribution < -0.4 is 0 Å². The van der Waals surface area contributed by atoms with Gasteiger partial charge in [-0.1, -0.05) is 41.4 Å². The number of aromatic nitrogens is 1. The summed E-state index contributed by atoms with van der Waals surface area (Å²) in [7, 11) is -3.89. The summed E-state index contributed by atoms with van der Waals surface area (Å²) in [6, 6.07) is 16.6. The third-order valence-corrected chi connectivity index (χ3v) is 6.61. The molecule has 7 heteroatoms. The molecule has 3 nitrogen and oxygen atoms in total. The van der Waals surface area contributed by atoms with Gasteiger partial charge < -0.3 is 0 Å². The summed E-state index contributed by atoms with van der Waals surface area (Å²) >= 11 is 11.9. The molecule has 0 bridgehead atoms. The number of rotatable bonds is 3. The van der Waals surface area contributed by atoms with Crippen molar-refractivity contribution in [2.45, 2.75) is 9.79 Å². The zero-order chi connectivity index (χ0) is 19.9. The van der Waals surface area contributed by atoms with Crippen LogP contribution in [0.4, 0.5) is 4.39 Å². The minimum Gasteiger partial charge on any atom is -0.255 e. The number of benzene rings is 3. The van der Waals surface area contributed by atoms with Gasteiger partial charge in [0, 0.05) is 27.2 Å². The molecule has 1 heterocycles. The van der Waals surface area contributed by atoms with Gasteiger partial charge in [-0.25, -0.2) is 12.8 Å². The van der Waals surface area contributed by atoms with Crippen LogP contribution in [0.2, 0.25) is 10.0 Å². The van der Waals surface area contributed by atoms with E-state index in [4.69, 9.17) is 23.2 Å². The van der Waals surface area contributed by atoms with Gasteiger partial charge in [-0.15, -0.1) is 0 Å². The van der Waals surface area contributed by atoms with Crippen molar-refractivity contribution in [2.75, 3.05) is 0 Å². The molecule has 0 amide bonds. The standard InChI is InChI=1S/C21H12Cl2FNO2S/c22-14-3-8-17(9-4-14)28(26,27)20-12-25-19-11-15(23)5-10-18(19)21(20)13-1-6-16(24)7-2-13/h1-12H. The Kier molecular flexibility index (Phi) is 4.83. The van der Waals surface area contributed by atoms with Crippen LogP contribution in [0.1, 0.15) is 0 Å². The number of halogens is 3. The number of nitrogens with zero attached hydrogens (tertiary/aromatic N) is 1. The summed E-state index contributed by atoms with van der Waals surface area (Å²) < 4.78 is 40.1. The summed E-state index contributed by atoms with van der Waals surface area (Å²) in [5.41, 5.74) is 1.54. The molecule has 0 saturated heterocycles. The number of fused-ring (bicyclic) bond motifs is 1. The maximum atomic E-state index is 13.4. The SMILES string of the molecule is O=S(=O)(c1ccc(Cl)cc1)c1cnc2cc(Cl)ccc2c1-c1ccc(F)cc1. The van der Waals surface area contributed by atoms with Crippen LogP contribution in [0.15, 0.2) is 82.7 Å². The first-order valence-corrected chi connectivity index (χ1v) is 10.4. The number of hydrogen-bond donors (Lipinski definition) is 0. The maximum absolute atomic E-state index is 13.4. The molecule has 0 saturated carbocycles. The first-order chi connectivity index (χ1) is 13.4. The highest BCUT2D eigenvalue weighted by Gasteiger charge is 2.24. The van der Waals surface area contributed by atoms with E-state index in [1.165, 1.54) is 42.6 Å². The third-order valence-electron chi connectivity index (χ3n) is 4.34. The summed E-state index contributed by atoms with van der Waals surface area (Å²) in [6.45, 7) is 0. The highest BCUT2D eigenvalue weighted by molar-refractivity contribution is 7.91. The topological polar surface area (TPSA) is 47.0 Å². The van der Waals surface area contributed by atoms with Gasteiger partial charge in [0.1, 0.15) is 5.82 Å². The first kappa shape index (κ1) is 18.9. The monoisotopic (exact) mass is 431 g/mol. The van der Waals surface area contributed by atoms with E-state index in [0.717, 1.165) is 0 Å². The predicted molar refractivity (Wildman–Crippen MR) is 109 cm³/mol. The Morgan fingerprint density at radius 2 is 1.46 bits per heavy atom. The molecule has 0 atom stereocenters. The lowest BCUT2D eigenvalue weighted by Gasteiger charge is -2.14. The Balaban J connectivity index is 2.05. The fraction of sp³-hybridized carbons (Fsp3) is 0. The zero-order valence-electron chi connectivity index (χ0n) is 14.2. The van der Waals surface area contributed by atoms with Gasteiger partial charge in [0.15, 0.2) is 0 Å². The van der Waals surface area contributed by atoms with Gasteiger partial charge >= 0.3 is 0 Å². The molecule has 4 rings (SSSR count). The Bertz CT molecular complexity index is 1290. The third kappa shape index (κ3) is 3.37. The molecular formula is C21H12Cl2FNO2S. The lowest BCUT2D eigenvalue weighted by molar-refractivity contribution is 0.596. The van der Waals surface area contributed by atoms with Gasteiger partial charge in [-0.3, -0.25) is 4.98 Å². The minimum atomic E-state index is -3.89. The second-order valence-corrected chi connectivity index (χ2v) is 8.91. The van der Waals surface area contributed by atoms with Crippen LogP contribution in [0.25, 0.3) is 22.0 Å². The highest BCUT2D eigenvalue weighted by Crippen LogP contribution is 2.37. The molecule has 0 aliphatic carbocycles.